The van der Waals surface area contributed by atoms with Crippen molar-refractivity contribution in [2.75, 3.05) is 5.32 Å². The highest BCUT2D eigenvalue weighted by molar-refractivity contribution is 9.10. The summed E-state index contributed by atoms with van der Waals surface area (Å²) in [7, 11) is 0. The van der Waals surface area contributed by atoms with Gasteiger partial charge in [0, 0.05) is 27.5 Å². The van der Waals surface area contributed by atoms with E-state index in [1.165, 1.54) is 26.8 Å². The van der Waals surface area contributed by atoms with Crippen LogP contribution in [0.1, 0.15) is 42.3 Å². The molecule has 0 unspecified atom stereocenters. The largest absolute Gasteiger partial charge is 0.507 e. The maximum atomic E-state index is 13.7. The zero-order valence-corrected chi connectivity index (χ0v) is 19.4. The number of halogens is 1. The molecule has 1 atom stereocenters. The predicted octanol–water partition coefficient (Wildman–Crippen LogP) is 4.44. The lowest BCUT2D eigenvalue weighted by Gasteiger charge is -2.29. The van der Waals surface area contributed by atoms with Crippen LogP contribution in [0.3, 0.4) is 0 Å². The van der Waals surface area contributed by atoms with Crippen molar-refractivity contribution >= 4 is 39.0 Å². The number of anilines is 1. The van der Waals surface area contributed by atoms with Crippen LogP contribution in [0.5, 0.6) is 17.2 Å². The number of ether oxygens (including phenoxy) is 1. The molecule has 2 aromatic carbocycles. The minimum atomic E-state index is -1.53. The van der Waals surface area contributed by atoms with Gasteiger partial charge in [0.25, 0.3) is 0 Å². The zero-order chi connectivity index (χ0) is 23.5. The normalized spacial score (nSPS) is 20.8. The average Bonchev–Trinajstić information content (AvgIpc) is 3.01. The first kappa shape index (κ1) is 21.8. The van der Waals surface area contributed by atoms with E-state index in [0.717, 1.165) is 4.47 Å². The number of phenols is 2. The lowest BCUT2D eigenvalue weighted by atomic mass is 9.70. The Balaban J connectivity index is 1.91. The third-order valence-electron chi connectivity index (χ3n) is 5.94. The molecule has 4 rings (SSSR count). The van der Waals surface area contributed by atoms with Crippen molar-refractivity contribution in [2.45, 2.75) is 33.1 Å². The van der Waals surface area contributed by atoms with Gasteiger partial charge in [-0.3, -0.25) is 14.4 Å². The van der Waals surface area contributed by atoms with Crippen molar-refractivity contribution in [3.8, 4) is 17.2 Å². The summed E-state index contributed by atoms with van der Waals surface area (Å²) < 4.78 is 6.64. The molecular weight excluding hydrogens is 478 g/mol. The maximum Gasteiger partial charge on any atom is 0.194 e. The fourth-order valence-corrected chi connectivity index (χ4v) is 4.44. The van der Waals surface area contributed by atoms with E-state index in [4.69, 9.17) is 4.74 Å². The molecule has 1 aliphatic carbocycles. The Morgan fingerprint density at radius 2 is 1.72 bits per heavy atom. The van der Waals surface area contributed by atoms with E-state index in [-0.39, 0.29) is 39.5 Å². The number of phenolic OH excluding ortho intramolecular Hbond substituents is 2. The third kappa shape index (κ3) is 2.97. The second kappa shape index (κ2) is 7.34. The van der Waals surface area contributed by atoms with E-state index in [1.54, 1.807) is 19.1 Å². The van der Waals surface area contributed by atoms with Gasteiger partial charge in [0.15, 0.2) is 17.3 Å². The number of carbonyl (C=O) groups excluding carboxylic acids is 3. The van der Waals surface area contributed by atoms with E-state index in [2.05, 4.69) is 21.2 Å². The van der Waals surface area contributed by atoms with Crippen LogP contribution in [0.2, 0.25) is 0 Å². The molecular formula is C24H20BrNO6. The SMILES string of the molecule is CC(=O)c1c(O)c(C)c(O)c2c1OC1=CC(=O)/C(=C(\C)Nc3ccc(Br)cc3)C(=O)[C@@]12C. The fourth-order valence-electron chi connectivity index (χ4n) is 4.17. The number of rotatable bonds is 3. The van der Waals surface area contributed by atoms with Crippen molar-refractivity contribution in [2.24, 2.45) is 0 Å². The topological polar surface area (TPSA) is 113 Å². The first-order chi connectivity index (χ1) is 15.0. The van der Waals surface area contributed by atoms with E-state index in [1.807, 2.05) is 12.1 Å². The van der Waals surface area contributed by atoms with E-state index >= 15 is 0 Å². The lowest BCUT2D eigenvalue weighted by Crippen LogP contribution is -2.40. The van der Waals surface area contributed by atoms with Gasteiger partial charge in [-0.2, -0.15) is 0 Å². The number of Topliss-reactive ketones (excluding diaryl/α,β-unsaturated/α-hetero) is 2. The molecule has 8 heteroatoms. The van der Waals surface area contributed by atoms with Gasteiger partial charge in [0.05, 0.1) is 11.1 Å². The summed E-state index contributed by atoms with van der Waals surface area (Å²) in [6.07, 6.45) is 1.19. The van der Waals surface area contributed by atoms with Crippen LogP contribution in [0, 0.1) is 6.92 Å². The van der Waals surface area contributed by atoms with E-state index in [0.29, 0.717) is 11.4 Å². The first-order valence-electron chi connectivity index (χ1n) is 9.81. The van der Waals surface area contributed by atoms with Crippen LogP contribution < -0.4 is 10.1 Å². The summed E-state index contributed by atoms with van der Waals surface area (Å²) in [4.78, 5) is 38.8. The lowest BCUT2D eigenvalue weighted by molar-refractivity contribution is -0.123. The van der Waals surface area contributed by atoms with Gasteiger partial charge in [0.1, 0.15) is 34.0 Å². The monoisotopic (exact) mass is 497 g/mol. The Hall–Kier alpha value is -3.39. The Kier molecular flexibility index (Phi) is 5.01. The number of allylic oxidation sites excluding steroid dienone is 4. The molecule has 0 amide bonds. The van der Waals surface area contributed by atoms with Gasteiger partial charge < -0.3 is 20.3 Å². The fraction of sp³-hybridized carbons (Fsp3) is 0.208. The van der Waals surface area contributed by atoms with E-state index in [9.17, 15) is 24.6 Å². The van der Waals surface area contributed by atoms with Crippen molar-refractivity contribution in [3.05, 3.63) is 68.5 Å². The molecule has 164 valence electrons. The second-order valence-electron chi connectivity index (χ2n) is 8.02. The van der Waals surface area contributed by atoms with Crippen LogP contribution in [0.15, 0.2) is 51.8 Å². The van der Waals surface area contributed by atoms with Crippen LogP contribution in [-0.4, -0.2) is 27.6 Å². The van der Waals surface area contributed by atoms with E-state index < -0.39 is 28.5 Å². The number of ketones is 3. The van der Waals surface area contributed by atoms with Crippen molar-refractivity contribution in [1.29, 1.82) is 0 Å². The second-order valence-corrected chi connectivity index (χ2v) is 8.93. The van der Waals surface area contributed by atoms with Gasteiger partial charge in [-0.05, 0) is 52.0 Å². The van der Waals surface area contributed by atoms with Gasteiger partial charge in [-0.25, -0.2) is 0 Å². The highest BCUT2D eigenvalue weighted by atomic mass is 79.9. The summed E-state index contributed by atoms with van der Waals surface area (Å²) in [5, 5.41) is 24.3. The van der Waals surface area contributed by atoms with Gasteiger partial charge in [-0.15, -0.1) is 0 Å². The standard InChI is InChI=1S/C24H20BrNO6/c1-10-20(29)18(12(3)27)22-19(21(10)30)24(4)16(32-22)9-15(28)17(23(24)31)11(2)26-14-7-5-13(25)6-8-14/h5-9,26,29-30H,1-4H3/b17-11-/t24-/m0/s1. The molecule has 3 N–H and O–H groups in total. The van der Waals surface area contributed by atoms with Gasteiger partial charge in [0.2, 0.25) is 0 Å². The number of carbonyl (C=O) groups is 3. The summed E-state index contributed by atoms with van der Waals surface area (Å²) in [6.45, 7) is 5.85. The molecule has 0 radical (unpaired) electrons. The molecule has 0 saturated heterocycles. The number of aromatic hydroxyl groups is 2. The number of benzene rings is 2. The summed E-state index contributed by atoms with van der Waals surface area (Å²) in [6, 6.07) is 7.23. The smallest absolute Gasteiger partial charge is 0.194 e. The van der Waals surface area contributed by atoms with Crippen molar-refractivity contribution in [1.82, 2.24) is 0 Å². The number of hydrogen-bond donors (Lipinski definition) is 3. The number of hydrogen-bond acceptors (Lipinski definition) is 7. The predicted molar refractivity (Wildman–Crippen MR) is 121 cm³/mol. The van der Waals surface area contributed by atoms with Gasteiger partial charge >= 0.3 is 0 Å². The molecule has 0 fully saturated rings. The number of fused-ring (bicyclic) bond motifs is 3. The third-order valence-corrected chi connectivity index (χ3v) is 6.46. The Morgan fingerprint density at radius 1 is 1.09 bits per heavy atom. The van der Waals surface area contributed by atoms with Crippen molar-refractivity contribution < 1.29 is 29.3 Å². The Morgan fingerprint density at radius 3 is 2.31 bits per heavy atom. The minimum absolute atomic E-state index is 0.00508. The zero-order valence-electron chi connectivity index (χ0n) is 17.8. The molecule has 0 bridgehead atoms. The average molecular weight is 498 g/mol. The quantitative estimate of drug-likeness (QED) is 0.326. The molecule has 7 nitrogen and oxygen atoms in total. The van der Waals surface area contributed by atoms with Crippen LogP contribution in [0.4, 0.5) is 5.69 Å². The molecule has 1 aliphatic heterocycles. The highest BCUT2D eigenvalue weighted by Gasteiger charge is 2.56. The molecule has 1 heterocycles. The van der Waals surface area contributed by atoms with Crippen LogP contribution in [0.25, 0.3) is 0 Å². The van der Waals surface area contributed by atoms with Crippen LogP contribution >= 0.6 is 15.9 Å². The minimum Gasteiger partial charge on any atom is -0.507 e. The highest BCUT2D eigenvalue weighted by Crippen LogP contribution is 2.57. The summed E-state index contributed by atoms with van der Waals surface area (Å²) in [5.74, 6) is -2.49. The first-order valence-corrected chi connectivity index (χ1v) is 10.6. The van der Waals surface area contributed by atoms with Gasteiger partial charge in [-0.1, -0.05) is 15.9 Å². The van der Waals surface area contributed by atoms with Crippen molar-refractivity contribution in [3.63, 3.8) is 0 Å². The van der Waals surface area contributed by atoms with Crippen LogP contribution in [-0.2, 0) is 15.0 Å². The maximum absolute atomic E-state index is 13.7. The Bertz CT molecular complexity index is 1290. The Labute approximate surface area is 192 Å². The molecule has 0 saturated carbocycles. The molecule has 2 aliphatic rings. The molecule has 32 heavy (non-hydrogen) atoms. The molecule has 0 spiro atoms. The number of nitrogens with one attached hydrogen (secondary N) is 1. The summed E-state index contributed by atoms with van der Waals surface area (Å²) in [5.41, 5.74) is -0.602. The molecule has 0 aromatic heterocycles. The molecule has 2 aromatic rings. The summed E-state index contributed by atoms with van der Waals surface area (Å²) >= 11 is 3.36.